The van der Waals surface area contributed by atoms with Crippen molar-refractivity contribution in [1.82, 2.24) is 5.32 Å². The van der Waals surface area contributed by atoms with E-state index in [1.165, 1.54) is 24.3 Å². The van der Waals surface area contributed by atoms with Crippen molar-refractivity contribution in [2.45, 2.75) is 30.9 Å². The van der Waals surface area contributed by atoms with E-state index >= 15 is 4.39 Å². The Bertz CT molecular complexity index is 1090. The fourth-order valence-corrected chi connectivity index (χ4v) is 4.76. The highest BCUT2D eigenvalue weighted by molar-refractivity contribution is 8.00. The van der Waals surface area contributed by atoms with Gasteiger partial charge in [0.05, 0.1) is 0 Å². The van der Waals surface area contributed by atoms with Gasteiger partial charge in [0.1, 0.15) is 5.71 Å². The van der Waals surface area contributed by atoms with Crippen LogP contribution in [0.2, 0.25) is 10.0 Å². The predicted molar refractivity (Wildman–Crippen MR) is 116 cm³/mol. The molecule has 1 N–H and O–H groups in total. The lowest BCUT2D eigenvalue weighted by atomic mass is 9.84. The second-order valence-corrected chi connectivity index (χ2v) is 9.51. The first-order chi connectivity index (χ1) is 15.0. The Labute approximate surface area is 195 Å². The van der Waals surface area contributed by atoms with Crippen LogP contribution in [0.1, 0.15) is 27.0 Å². The summed E-state index contributed by atoms with van der Waals surface area (Å²) in [5.74, 6) is 1.36. The average Bonchev–Trinajstić information content (AvgIpc) is 3.01. The minimum Gasteiger partial charge on any atom is -0.371 e. The molecule has 0 radical (unpaired) electrons. The summed E-state index contributed by atoms with van der Waals surface area (Å²) < 4.78 is 57.9. The third kappa shape index (κ3) is 3.95. The first-order valence-corrected chi connectivity index (χ1v) is 11.4. The van der Waals surface area contributed by atoms with Gasteiger partial charge in [0.2, 0.25) is 6.17 Å². The summed E-state index contributed by atoms with van der Waals surface area (Å²) in [6, 6.07) is 7.42. The van der Waals surface area contributed by atoms with Crippen LogP contribution in [0, 0.1) is 6.92 Å². The van der Waals surface area contributed by atoms with Crippen LogP contribution < -0.4 is 5.32 Å². The molecule has 0 aliphatic carbocycles. The standard InChI is InChI=1S/C21H16Cl2F4N2O2S/c1-10-4-11(2-3-16(10)19(30)28-15-8-32-9-15)17-18(24)20(31-29-17,21(25,26)27)12-5-13(22)7-14(23)6-12/h2-7,15,18H,8-9H2,1H3,(H,28,30). The van der Waals surface area contributed by atoms with E-state index in [9.17, 15) is 18.0 Å². The molecule has 2 aliphatic heterocycles. The first-order valence-electron chi connectivity index (χ1n) is 9.46. The molecule has 2 aliphatic rings. The Morgan fingerprint density at radius 2 is 1.84 bits per heavy atom. The van der Waals surface area contributed by atoms with Crippen LogP contribution in [0.5, 0.6) is 0 Å². The van der Waals surface area contributed by atoms with E-state index in [0.29, 0.717) is 11.1 Å². The number of rotatable bonds is 4. The zero-order valence-corrected chi connectivity index (χ0v) is 18.8. The van der Waals surface area contributed by atoms with Gasteiger partial charge in [0, 0.05) is 44.3 Å². The molecule has 4 nitrogen and oxygen atoms in total. The maximum Gasteiger partial charge on any atom is 0.438 e. The molecular weight excluding hydrogens is 491 g/mol. The van der Waals surface area contributed by atoms with Gasteiger partial charge in [-0.25, -0.2) is 4.39 Å². The Morgan fingerprint density at radius 1 is 1.19 bits per heavy atom. The molecule has 2 heterocycles. The fraction of sp³-hybridized carbons (Fsp3) is 0.333. The molecule has 32 heavy (non-hydrogen) atoms. The molecule has 11 heteroatoms. The molecule has 1 fully saturated rings. The van der Waals surface area contributed by atoms with Gasteiger partial charge in [-0.1, -0.05) is 34.4 Å². The summed E-state index contributed by atoms with van der Waals surface area (Å²) in [6.07, 6.45) is -7.86. The predicted octanol–water partition coefficient (Wildman–Crippen LogP) is 5.68. The zero-order chi connectivity index (χ0) is 23.3. The van der Waals surface area contributed by atoms with Gasteiger partial charge in [0.25, 0.3) is 11.5 Å². The van der Waals surface area contributed by atoms with Gasteiger partial charge in [-0.15, -0.1) is 0 Å². The fourth-order valence-electron chi connectivity index (χ4n) is 3.59. The van der Waals surface area contributed by atoms with Crippen molar-refractivity contribution in [3.63, 3.8) is 0 Å². The Balaban J connectivity index is 1.67. The van der Waals surface area contributed by atoms with Crippen molar-refractivity contribution in [1.29, 1.82) is 0 Å². The monoisotopic (exact) mass is 506 g/mol. The van der Waals surface area contributed by atoms with Gasteiger partial charge in [-0.05, 0) is 42.8 Å². The maximum atomic E-state index is 15.5. The molecule has 2 atom stereocenters. The van der Waals surface area contributed by atoms with Gasteiger partial charge < -0.3 is 10.2 Å². The lowest BCUT2D eigenvalue weighted by Crippen LogP contribution is -2.50. The molecule has 0 saturated carbocycles. The molecule has 0 spiro atoms. The van der Waals surface area contributed by atoms with Gasteiger partial charge in [-0.3, -0.25) is 4.79 Å². The number of alkyl halides is 4. The number of hydrogen-bond donors (Lipinski definition) is 1. The van der Waals surface area contributed by atoms with Gasteiger partial charge in [0.15, 0.2) is 0 Å². The van der Waals surface area contributed by atoms with E-state index < -0.39 is 29.2 Å². The normalized spacial score (nSPS) is 23.3. The number of carbonyl (C=O) groups is 1. The second kappa shape index (κ2) is 8.43. The number of thioether (sulfide) groups is 1. The molecule has 0 bridgehead atoms. The van der Waals surface area contributed by atoms with Crippen LogP contribution in [0.3, 0.4) is 0 Å². The van der Waals surface area contributed by atoms with Gasteiger partial charge in [-0.2, -0.15) is 24.9 Å². The summed E-state index contributed by atoms with van der Waals surface area (Å²) in [5, 5.41) is 6.13. The molecule has 2 aromatic rings. The lowest BCUT2D eigenvalue weighted by molar-refractivity contribution is -0.289. The average molecular weight is 507 g/mol. The van der Waals surface area contributed by atoms with E-state index in [1.54, 1.807) is 18.7 Å². The Hall–Kier alpha value is -1.97. The number of nitrogens with one attached hydrogen (secondary N) is 1. The van der Waals surface area contributed by atoms with E-state index in [4.69, 9.17) is 28.0 Å². The van der Waals surface area contributed by atoms with E-state index in [-0.39, 0.29) is 27.6 Å². The number of amides is 1. The second-order valence-electron chi connectivity index (χ2n) is 7.56. The Morgan fingerprint density at radius 3 is 2.38 bits per heavy atom. The number of aryl methyl sites for hydroxylation is 1. The third-order valence-corrected chi connectivity index (χ3v) is 7.05. The van der Waals surface area contributed by atoms with Crippen molar-refractivity contribution >= 4 is 46.6 Å². The number of hydrogen-bond acceptors (Lipinski definition) is 4. The van der Waals surface area contributed by atoms with Crippen LogP contribution in [0.15, 0.2) is 41.6 Å². The number of oxime groups is 1. The minimum atomic E-state index is -5.17. The summed E-state index contributed by atoms with van der Waals surface area (Å²) in [7, 11) is 0. The number of carbonyl (C=O) groups excluding carboxylic acids is 1. The lowest BCUT2D eigenvalue weighted by Gasteiger charge is -2.31. The summed E-state index contributed by atoms with van der Waals surface area (Å²) in [4.78, 5) is 17.2. The van der Waals surface area contributed by atoms with E-state index in [0.717, 1.165) is 23.6 Å². The highest BCUT2D eigenvalue weighted by Gasteiger charge is 2.69. The Kier molecular flexibility index (Phi) is 6.11. The molecule has 1 saturated heterocycles. The molecule has 0 aromatic heterocycles. The van der Waals surface area contributed by atoms with Crippen molar-refractivity contribution in [3.05, 3.63) is 68.7 Å². The molecule has 4 rings (SSSR count). The number of benzene rings is 2. The summed E-state index contributed by atoms with van der Waals surface area (Å²) >= 11 is 13.4. The van der Waals surface area contributed by atoms with Crippen molar-refractivity contribution in [3.8, 4) is 0 Å². The number of halogens is 6. The van der Waals surface area contributed by atoms with Crippen LogP contribution in [-0.4, -0.2) is 41.5 Å². The molecular formula is C21H16Cl2F4N2O2S. The largest absolute Gasteiger partial charge is 0.438 e. The summed E-state index contributed by atoms with van der Waals surface area (Å²) in [6.45, 7) is 1.62. The smallest absolute Gasteiger partial charge is 0.371 e. The van der Waals surface area contributed by atoms with E-state index in [2.05, 4.69) is 10.5 Å². The van der Waals surface area contributed by atoms with Crippen molar-refractivity contribution in [2.75, 3.05) is 11.5 Å². The SMILES string of the molecule is Cc1cc(C2=NOC(c3cc(Cl)cc(Cl)c3)(C(F)(F)F)C2F)ccc1C(=O)NC1CSC1. The molecule has 2 aromatic carbocycles. The summed E-state index contributed by atoms with van der Waals surface area (Å²) in [5.41, 5.74) is -3.64. The van der Waals surface area contributed by atoms with Crippen LogP contribution in [0.4, 0.5) is 17.6 Å². The highest BCUT2D eigenvalue weighted by Crippen LogP contribution is 2.51. The first kappa shape index (κ1) is 23.2. The quantitative estimate of drug-likeness (QED) is 0.543. The van der Waals surface area contributed by atoms with Crippen molar-refractivity contribution in [2.24, 2.45) is 5.16 Å². The van der Waals surface area contributed by atoms with E-state index in [1.807, 2.05) is 0 Å². The van der Waals surface area contributed by atoms with Gasteiger partial charge >= 0.3 is 6.18 Å². The minimum absolute atomic E-state index is 0.0741. The van der Waals surface area contributed by atoms with Crippen LogP contribution in [-0.2, 0) is 10.4 Å². The topological polar surface area (TPSA) is 50.7 Å². The third-order valence-electron chi connectivity index (χ3n) is 5.34. The molecule has 170 valence electrons. The number of nitrogens with zero attached hydrogens (tertiary/aromatic N) is 1. The molecule has 1 amide bonds. The highest BCUT2D eigenvalue weighted by atomic mass is 35.5. The van der Waals surface area contributed by atoms with Crippen LogP contribution >= 0.6 is 35.0 Å². The maximum absolute atomic E-state index is 15.5. The van der Waals surface area contributed by atoms with Crippen molar-refractivity contribution < 1.29 is 27.2 Å². The molecule has 2 unspecified atom stereocenters. The van der Waals surface area contributed by atoms with Crippen LogP contribution in [0.25, 0.3) is 0 Å². The zero-order valence-electron chi connectivity index (χ0n) is 16.5.